The quantitative estimate of drug-likeness (QED) is 0.606. The van der Waals surface area contributed by atoms with Crippen molar-refractivity contribution in [3.8, 4) is 0 Å². The largest absolute Gasteiger partial charge is 0.451 e. The van der Waals surface area contributed by atoms with E-state index >= 15 is 0 Å². The van der Waals surface area contributed by atoms with Crippen LogP contribution in [-0.2, 0) is 16.1 Å². The van der Waals surface area contributed by atoms with E-state index in [1.807, 2.05) is 6.07 Å². The summed E-state index contributed by atoms with van der Waals surface area (Å²) in [6.07, 6.45) is -0.981. The minimum atomic E-state index is -0.981. The molecule has 6 nitrogen and oxygen atoms in total. The number of hydrogen-bond acceptors (Lipinski definition) is 5. The molecule has 0 saturated carbocycles. The molecule has 0 aliphatic rings. The van der Waals surface area contributed by atoms with Gasteiger partial charge in [0.2, 0.25) is 5.78 Å². The van der Waals surface area contributed by atoms with Gasteiger partial charge in [-0.05, 0) is 51.0 Å². The number of esters is 1. The number of aryl methyl sites for hydroxylation is 1. The zero-order valence-electron chi connectivity index (χ0n) is 15.6. The van der Waals surface area contributed by atoms with E-state index in [4.69, 9.17) is 9.47 Å². The Bertz CT molecular complexity index is 850. The van der Waals surface area contributed by atoms with E-state index in [0.717, 1.165) is 5.56 Å². The van der Waals surface area contributed by atoms with Crippen molar-refractivity contribution in [3.63, 3.8) is 0 Å². The molecule has 1 atom stereocenters. The van der Waals surface area contributed by atoms with E-state index in [-0.39, 0.29) is 11.6 Å². The second-order valence-electron chi connectivity index (χ2n) is 6.23. The highest BCUT2D eigenvalue weighted by Gasteiger charge is 2.26. The van der Waals surface area contributed by atoms with Gasteiger partial charge in [-0.15, -0.1) is 0 Å². The summed E-state index contributed by atoms with van der Waals surface area (Å²) in [6.45, 7) is 6.79. The number of ether oxygens (including phenoxy) is 2. The second kappa shape index (κ2) is 8.10. The lowest BCUT2D eigenvalue weighted by molar-refractivity contribution is 0.0316. The number of benzene rings is 1. The first-order valence-electron chi connectivity index (χ1n) is 8.29. The zero-order valence-corrected chi connectivity index (χ0v) is 15.6. The van der Waals surface area contributed by atoms with Crippen LogP contribution in [0.5, 0.6) is 0 Å². The highest BCUT2D eigenvalue weighted by Crippen LogP contribution is 2.21. The Morgan fingerprint density at radius 2 is 1.88 bits per heavy atom. The maximum absolute atomic E-state index is 12.7. The Hall–Kier alpha value is -2.73. The van der Waals surface area contributed by atoms with Crippen LogP contribution in [0.3, 0.4) is 0 Å². The van der Waals surface area contributed by atoms with Crippen LogP contribution in [0.15, 0.2) is 24.3 Å². The summed E-state index contributed by atoms with van der Waals surface area (Å²) in [6, 6.07) is 6.86. The molecule has 1 N–H and O–H groups in total. The number of carbonyl (C=O) groups excluding carboxylic acids is 3. The van der Waals surface area contributed by atoms with Crippen molar-refractivity contribution in [2.75, 3.05) is 7.11 Å². The van der Waals surface area contributed by atoms with Crippen molar-refractivity contribution in [1.29, 1.82) is 0 Å². The first kappa shape index (κ1) is 19.6. The first-order valence-corrected chi connectivity index (χ1v) is 8.29. The molecular formula is C20H23NO5. The topological polar surface area (TPSA) is 85.5 Å². The lowest BCUT2D eigenvalue weighted by Gasteiger charge is -2.13. The van der Waals surface area contributed by atoms with Crippen LogP contribution in [0.1, 0.15) is 61.9 Å². The number of H-pyrrole nitrogens is 1. The van der Waals surface area contributed by atoms with Gasteiger partial charge in [-0.1, -0.05) is 12.1 Å². The van der Waals surface area contributed by atoms with Crippen LogP contribution in [0.4, 0.5) is 0 Å². The summed E-state index contributed by atoms with van der Waals surface area (Å²) in [5.74, 6) is -1.08. The monoisotopic (exact) mass is 357 g/mol. The van der Waals surface area contributed by atoms with E-state index in [2.05, 4.69) is 4.98 Å². The SMILES string of the molecule is COCc1cccc(C(=O)OC(C)C(=O)c2[nH]c(C)c(C(C)=O)c2C)c1. The van der Waals surface area contributed by atoms with Crippen LogP contribution in [0.25, 0.3) is 0 Å². The van der Waals surface area contributed by atoms with Gasteiger partial charge in [-0.25, -0.2) is 4.79 Å². The molecule has 0 aliphatic heterocycles. The zero-order chi connectivity index (χ0) is 19.4. The number of ketones is 2. The Morgan fingerprint density at radius 1 is 1.19 bits per heavy atom. The molecule has 0 spiro atoms. The molecule has 138 valence electrons. The number of hydrogen-bond donors (Lipinski definition) is 1. The van der Waals surface area contributed by atoms with Crippen molar-refractivity contribution < 1.29 is 23.9 Å². The molecule has 0 aliphatic carbocycles. The molecular weight excluding hydrogens is 334 g/mol. The van der Waals surface area contributed by atoms with Gasteiger partial charge in [0.15, 0.2) is 11.9 Å². The first-order chi connectivity index (χ1) is 12.3. The molecule has 2 rings (SSSR count). The smallest absolute Gasteiger partial charge is 0.338 e. The molecule has 26 heavy (non-hydrogen) atoms. The van der Waals surface area contributed by atoms with Crippen molar-refractivity contribution in [2.24, 2.45) is 0 Å². The molecule has 1 heterocycles. The third-order valence-corrected chi connectivity index (χ3v) is 4.16. The fraction of sp³-hybridized carbons (Fsp3) is 0.350. The normalized spacial score (nSPS) is 11.9. The predicted molar refractivity (Wildman–Crippen MR) is 96.6 cm³/mol. The van der Waals surface area contributed by atoms with Gasteiger partial charge in [0.1, 0.15) is 0 Å². The molecule has 0 bridgehead atoms. The van der Waals surface area contributed by atoms with Gasteiger partial charge in [0, 0.05) is 18.4 Å². The molecule has 2 aromatic rings. The van der Waals surface area contributed by atoms with Crippen molar-refractivity contribution in [3.05, 3.63) is 57.9 Å². The lowest BCUT2D eigenvalue weighted by Crippen LogP contribution is -2.25. The van der Waals surface area contributed by atoms with E-state index < -0.39 is 12.1 Å². The van der Waals surface area contributed by atoms with Crippen LogP contribution in [0, 0.1) is 13.8 Å². The highest BCUT2D eigenvalue weighted by atomic mass is 16.5. The minimum absolute atomic E-state index is 0.116. The Labute approximate surface area is 152 Å². The summed E-state index contributed by atoms with van der Waals surface area (Å²) in [5.41, 5.74) is 3.18. The van der Waals surface area contributed by atoms with Gasteiger partial charge in [0.05, 0.1) is 17.9 Å². The predicted octanol–water partition coefficient (Wildman–Crippen LogP) is 3.41. The van der Waals surface area contributed by atoms with Crippen molar-refractivity contribution in [1.82, 2.24) is 4.98 Å². The molecule has 6 heteroatoms. The molecule has 1 aromatic heterocycles. The minimum Gasteiger partial charge on any atom is -0.451 e. The molecule has 1 unspecified atom stereocenters. The lowest BCUT2D eigenvalue weighted by atomic mass is 10.0. The summed E-state index contributed by atoms with van der Waals surface area (Å²) in [7, 11) is 1.57. The maximum Gasteiger partial charge on any atom is 0.338 e. The van der Waals surface area contributed by atoms with Crippen LogP contribution >= 0.6 is 0 Å². The average Bonchev–Trinajstić information content (AvgIpc) is 2.89. The maximum atomic E-state index is 12.7. The number of nitrogens with one attached hydrogen (secondary N) is 1. The molecule has 0 fully saturated rings. The van der Waals surface area contributed by atoms with Gasteiger partial charge < -0.3 is 14.5 Å². The Balaban J connectivity index is 2.17. The second-order valence-corrected chi connectivity index (χ2v) is 6.23. The van der Waals surface area contributed by atoms with E-state index in [1.165, 1.54) is 13.8 Å². The molecule has 0 radical (unpaired) electrons. The van der Waals surface area contributed by atoms with Crippen molar-refractivity contribution in [2.45, 2.75) is 40.4 Å². The number of rotatable bonds is 7. The molecule has 0 amide bonds. The van der Waals surface area contributed by atoms with Crippen LogP contribution in [0.2, 0.25) is 0 Å². The highest BCUT2D eigenvalue weighted by molar-refractivity contribution is 6.05. The fourth-order valence-corrected chi connectivity index (χ4v) is 2.96. The Kier molecular flexibility index (Phi) is 6.10. The van der Waals surface area contributed by atoms with E-state index in [0.29, 0.717) is 34.7 Å². The third kappa shape index (κ3) is 4.08. The average molecular weight is 357 g/mol. The standard InChI is InChI=1S/C20H23NO5/c1-11-17(13(3)22)12(2)21-18(11)19(23)14(4)26-20(24)16-8-6-7-15(9-16)10-25-5/h6-9,14,21H,10H2,1-5H3. The van der Waals surface area contributed by atoms with Crippen molar-refractivity contribution >= 4 is 17.5 Å². The number of methoxy groups -OCH3 is 1. The number of aromatic nitrogens is 1. The van der Waals surface area contributed by atoms with Gasteiger partial charge >= 0.3 is 5.97 Å². The molecule has 0 saturated heterocycles. The number of carbonyl (C=O) groups is 3. The van der Waals surface area contributed by atoms with Gasteiger partial charge in [-0.2, -0.15) is 0 Å². The molecule has 1 aromatic carbocycles. The van der Waals surface area contributed by atoms with E-state index in [9.17, 15) is 14.4 Å². The summed E-state index contributed by atoms with van der Waals surface area (Å²) >= 11 is 0. The summed E-state index contributed by atoms with van der Waals surface area (Å²) in [5, 5.41) is 0. The summed E-state index contributed by atoms with van der Waals surface area (Å²) in [4.78, 5) is 39.6. The van der Waals surface area contributed by atoms with Gasteiger partial charge in [-0.3, -0.25) is 9.59 Å². The number of Topliss-reactive ketones (excluding diaryl/α,β-unsaturated/α-hetero) is 2. The van der Waals surface area contributed by atoms with E-state index in [1.54, 1.807) is 39.2 Å². The van der Waals surface area contributed by atoms with Crippen LogP contribution in [-0.4, -0.2) is 35.7 Å². The van der Waals surface area contributed by atoms with Crippen LogP contribution < -0.4 is 0 Å². The Morgan fingerprint density at radius 3 is 2.46 bits per heavy atom. The van der Waals surface area contributed by atoms with Gasteiger partial charge in [0.25, 0.3) is 0 Å². The number of aromatic amines is 1. The summed E-state index contributed by atoms with van der Waals surface area (Å²) < 4.78 is 10.4. The third-order valence-electron chi connectivity index (χ3n) is 4.16. The fourth-order valence-electron chi connectivity index (χ4n) is 2.96.